The van der Waals surface area contributed by atoms with Gasteiger partial charge < -0.3 is 14.8 Å². The number of carbonyl (C=O) groups is 3. The van der Waals surface area contributed by atoms with E-state index in [0.29, 0.717) is 29.2 Å². The van der Waals surface area contributed by atoms with E-state index in [-0.39, 0.29) is 24.5 Å². The second-order valence-corrected chi connectivity index (χ2v) is 5.50. The van der Waals surface area contributed by atoms with Crippen molar-refractivity contribution in [1.29, 1.82) is 0 Å². The molecular weight excluding hydrogens is 334 g/mol. The summed E-state index contributed by atoms with van der Waals surface area (Å²) in [4.78, 5) is 35.8. The number of hydrogen-bond acceptors (Lipinski definition) is 5. The Morgan fingerprint density at radius 1 is 0.962 bits per heavy atom. The number of rotatable bonds is 8. The Kier molecular flexibility index (Phi) is 6.91. The highest BCUT2D eigenvalue weighted by molar-refractivity contribution is 6.00. The maximum Gasteiger partial charge on any atom is 0.338 e. The van der Waals surface area contributed by atoms with E-state index < -0.39 is 5.97 Å². The molecule has 2 rings (SSSR count). The minimum Gasteiger partial charge on any atom is -0.497 e. The predicted molar refractivity (Wildman–Crippen MR) is 97.6 cm³/mol. The summed E-state index contributed by atoms with van der Waals surface area (Å²) in [5.74, 6) is -0.210. The highest BCUT2D eigenvalue weighted by Gasteiger charge is 2.11. The van der Waals surface area contributed by atoms with Crippen LogP contribution in [0.5, 0.6) is 5.75 Å². The Labute approximate surface area is 152 Å². The van der Waals surface area contributed by atoms with Gasteiger partial charge in [0.15, 0.2) is 5.78 Å². The van der Waals surface area contributed by atoms with Crippen LogP contribution in [0.2, 0.25) is 0 Å². The Morgan fingerprint density at radius 2 is 1.69 bits per heavy atom. The molecule has 6 heteroatoms. The smallest absolute Gasteiger partial charge is 0.338 e. The summed E-state index contributed by atoms with van der Waals surface area (Å²) < 4.78 is 9.99. The fraction of sp³-hybridized carbons (Fsp3) is 0.250. The van der Waals surface area contributed by atoms with Gasteiger partial charge in [0.2, 0.25) is 5.91 Å². The molecule has 0 unspecified atom stereocenters. The molecule has 0 radical (unpaired) electrons. The standard InChI is InChI=1S/C20H21NO5/c1-3-26-20(24)14-7-9-16(10-8-14)21-19(23)12-11-18(22)15-5-4-6-17(13-15)25-2/h4-10,13H,3,11-12H2,1-2H3,(H,21,23). The number of amides is 1. The van der Waals surface area contributed by atoms with Crippen LogP contribution in [0, 0.1) is 0 Å². The predicted octanol–water partition coefficient (Wildman–Crippen LogP) is 3.47. The van der Waals surface area contributed by atoms with Crippen molar-refractivity contribution in [3.05, 3.63) is 59.7 Å². The lowest BCUT2D eigenvalue weighted by atomic mass is 10.1. The van der Waals surface area contributed by atoms with E-state index >= 15 is 0 Å². The molecule has 136 valence electrons. The van der Waals surface area contributed by atoms with Crippen LogP contribution in [-0.2, 0) is 9.53 Å². The van der Waals surface area contributed by atoms with E-state index in [4.69, 9.17) is 9.47 Å². The Hall–Kier alpha value is -3.15. The minimum atomic E-state index is -0.408. The number of Topliss-reactive ketones (excluding diaryl/α,β-unsaturated/α-hetero) is 1. The molecular formula is C20H21NO5. The van der Waals surface area contributed by atoms with Crippen molar-refractivity contribution in [2.75, 3.05) is 19.0 Å². The van der Waals surface area contributed by atoms with E-state index in [1.165, 1.54) is 7.11 Å². The van der Waals surface area contributed by atoms with Crippen LogP contribution < -0.4 is 10.1 Å². The fourth-order valence-corrected chi connectivity index (χ4v) is 2.30. The maximum atomic E-state index is 12.2. The first kappa shape index (κ1) is 19.2. The van der Waals surface area contributed by atoms with Crippen LogP contribution in [0.4, 0.5) is 5.69 Å². The number of carbonyl (C=O) groups excluding carboxylic acids is 3. The second-order valence-electron chi connectivity index (χ2n) is 5.50. The number of esters is 1. The van der Waals surface area contributed by atoms with Crippen molar-refractivity contribution in [3.63, 3.8) is 0 Å². The van der Waals surface area contributed by atoms with Gasteiger partial charge in [-0.3, -0.25) is 9.59 Å². The summed E-state index contributed by atoms with van der Waals surface area (Å²) in [6.07, 6.45) is 0.162. The van der Waals surface area contributed by atoms with Gasteiger partial charge in [-0.25, -0.2) is 4.79 Å². The Morgan fingerprint density at radius 3 is 2.35 bits per heavy atom. The molecule has 1 amide bonds. The van der Waals surface area contributed by atoms with E-state index in [1.54, 1.807) is 55.5 Å². The maximum absolute atomic E-state index is 12.2. The van der Waals surface area contributed by atoms with Crippen molar-refractivity contribution in [3.8, 4) is 5.75 Å². The fourth-order valence-electron chi connectivity index (χ4n) is 2.30. The number of methoxy groups -OCH3 is 1. The average molecular weight is 355 g/mol. The van der Waals surface area contributed by atoms with Crippen molar-refractivity contribution in [2.45, 2.75) is 19.8 Å². The molecule has 0 aliphatic rings. The van der Waals surface area contributed by atoms with E-state index in [0.717, 1.165) is 0 Å². The van der Waals surface area contributed by atoms with Gasteiger partial charge in [0, 0.05) is 24.1 Å². The van der Waals surface area contributed by atoms with Crippen LogP contribution in [0.1, 0.15) is 40.5 Å². The molecule has 26 heavy (non-hydrogen) atoms. The zero-order valence-electron chi connectivity index (χ0n) is 14.8. The van der Waals surface area contributed by atoms with Gasteiger partial charge in [0.1, 0.15) is 5.75 Å². The zero-order valence-corrected chi connectivity index (χ0v) is 14.8. The number of anilines is 1. The number of hydrogen-bond donors (Lipinski definition) is 1. The Balaban J connectivity index is 1.86. The average Bonchev–Trinajstić information content (AvgIpc) is 2.67. The molecule has 0 heterocycles. The van der Waals surface area contributed by atoms with Crippen molar-refractivity contribution in [1.82, 2.24) is 0 Å². The Bertz CT molecular complexity index is 783. The van der Waals surface area contributed by atoms with Gasteiger partial charge in [-0.2, -0.15) is 0 Å². The van der Waals surface area contributed by atoms with Crippen LogP contribution in [0.15, 0.2) is 48.5 Å². The van der Waals surface area contributed by atoms with E-state index in [2.05, 4.69) is 5.32 Å². The molecule has 2 aromatic rings. The lowest BCUT2D eigenvalue weighted by Gasteiger charge is -2.07. The number of ketones is 1. The normalized spacial score (nSPS) is 10.1. The molecule has 2 aromatic carbocycles. The molecule has 0 saturated carbocycles. The molecule has 0 atom stereocenters. The summed E-state index contributed by atoms with van der Waals surface area (Å²) in [5, 5.41) is 2.70. The number of ether oxygens (including phenoxy) is 2. The SMILES string of the molecule is CCOC(=O)c1ccc(NC(=O)CCC(=O)c2cccc(OC)c2)cc1. The molecule has 0 aromatic heterocycles. The quantitative estimate of drug-likeness (QED) is 0.579. The highest BCUT2D eigenvalue weighted by Crippen LogP contribution is 2.15. The molecule has 0 aliphatic heterocycles. The first-order valence-electron chi connectivity index (χ1n) is 8.27. The third kappa shape index (κ3) is 5.44. The molecule has 0 saturated heterocycles. The lowest BCUT2D eigenvalue weighted by molar-refractivity contribution is -0.116. The third-order valence-electron chi connectivity index (χ3n) is 3.65. The summed E-state index contributed by atoms with van der Waals surface area (Å²) in [5.41, 5.74) is 1.48. The topological polar surface area (TPSA) is 81.7 Å². The van der Waals surface area contributed by atoms with Gasteiger partial charge >= 0.3 is 5.97 Å². The van der Waals surface area contributed by atoms with Crippen LogP contribution in [0.25, 0.3) is 0 Å². The minimum absolute atomic E-state index is 0.0651. The third-order valence-corrected chi connectivity index (χ3v) is 3.65. The van der Waals surface area contributed by atoms with Gasteiger partial charge in [-0.15, -0.1) is 0 Å². The van der Waals surface area contributed by atoms with Gasteiger partial charge in [0.25, 0.3) is 0 Å². The van der Waals surface area contributed by atoms with Crippen LogP contribution in [-0.4, -0.2) is 31.4 Å². The van der Waals surface area contributed by atoms with Crippen LogP contribution >= 0.6 is 0 Å². The monoisotopic (exact) mass is 355 g/mol. The highest BCUT2D eigenvalue weighted by atomic mass is 16.5. The summed E-state index contributed by atoms with van der Waals surface area (Å²) in [6.45, 7) is 2.04. The van der Waals surface area contributed by atoms with Gasteiger partial charge in [0.05, 0.1) is 19.3 Å². The van der Waals surface area contributed by atoms with Crippen molar-refractivity contribution >= 4 is 23.3 Å². The first-order valence-corrected chi connectivity index (χ1v) is 8.27. The summed E-state index contributed by atoms with van der Waals surface area (Å²) >= 11 is 0. The molecule has 0 aliphatic carbocycles. The largest absolute Gasteiger partial charge is 0.497 e. The molecule has 0 bridgehead atoms. The summed E-state index contributed by atoms with van der Waals surface area (Å²) in [7, 11) is 1.53. The number of benzene rings is 2. The molecule has 0 fully saturated rings. The second kappa shape index (κ2) is 9.36. The van der Waals surface area contributed by atoms with Gasteiger partial charge in [-0.1, -0.05) is 12.1 Å². The van der Waals surface area contributed by atoms with Crippen LogP contribution in [0.3, 0.4) is 0 Å². The lowest BCUT2D eigenvalue weighted by Crippen LogP contribution is -2.13. The number of nitrogens with one attached hydrogen (secondary N) is 1. The van der Waals surface area contributed by atoms with E-state index in [1.807, 2.05) is 0 Å². The van der Waals surface area contributed by atoms with Crippen molar-refractivity contribution in [2.24, 2.45) is 0 Å². The van der Waals surface area contributed by atoms with Gasteiger partial charge in [-0.05, 0) is 43.3 Å². The molecule has 1 N–H and O–H groups in total. The molecule has 0 spiro atoms. The summed E-state index contributed by atoms with van der Waals surface area (Å²) in [6, 6.07) is 13.2. The zero-order chi connectivity index (χ0) is 18.9. The van der Waals surface area contributed by atoms with Crippen molar-refractivity contribution < 1.29 is 23.9 Å². The van der Waals surface area contributed by atoms with E-state index in [9.17, 15) is 14.4 Å². The first-order chi connectivity index (χ1) is 12.5. The molecule has 6 nitrogen and oxygen atoms in total.